The molecule has 0 amide bonds. The second-order valence-corrected chi connectivity index (χ2v) is 9.43. The highest BCUT2D eigenvalue weighted by Crippen LogP contribution is 2.35. The molecule has 0 saturated carbocycles. The first-order chi connectivity index (χ1) is 18.7. The van der Waals surface area contributed by atoms with Gasteiger partial charge < -0.3 is 25.4 Å². The zero-order chi connectivity index (χ0) is 27.7. The van der Waals surface area contributed by atoms with Crippen LogP contribution in [0.15, 0.2) is 60.9 Å². The van der Waals surface area contributed by atoms with Crippen LogP contribution >= 0.6 is 11.6 Å². The Kier molecular flexibility index (Phi) is 7.17. The second kappa shape index (κ2) is 10.6. The molecule has 1 fully saturated rings. The zero-order valence-corrected chi connectivity index (χ0v) is 21.0. The first-order valence-corrected chi connectivity index (χ1v) is 12.3. The Balaban J connectivity index is 1.32. The summed E-state index contributed by atoms with van der Waals surface area (Å²) in [5.41, 5.74) is 5.84. The number of carboxylic acid groups (broad SMARTS) is 2. The van der Waals surface area contributed by atoms with Crippen molar-refractivity contribution in [2.24, 2.45) is 0 Å². The molecule has 13 heteroatoms. The van der Waals surface area contributed by atoms with E-state index in [2.05, 4.69) is 15.0 Å². The number of hydrogen-bond donors (Lipinski definition) is 3. The lowest BCUT2D eigenvalue weighted by Gasteiger charge is -2.27. The van der Waals surface area contributed by atoms with Crippen LogP contribution in [0.5, 0.6) is 0 Å². The zero-order valence-electron chi connectivity index (χ0n) is 20.3. The minimum Gasteiger partial charge on any atom is -0.479 e. The Morgan fingerprint density at radius 2 is 1.77 bits per heavy atom. The first-order valence-electron chi connectivity index (χ1n) is 11.9. The van der Waals surface area contributed by atoms with E-state index in [-0.39, 0.29) is 28.7 Å². The second-order valence-electron chi connectivity index (χ2n) is 9.09. The fourth-order valence-corrected chi connectivity index (χ4v) is 4.71. The molecule has 0 bridgehead atoms. The molecule has 3 heterocycles. The smallest absolute Gasteiger partial charge is 0.348 e. The third-order valence-electron chi connectivity index (χ3n) is 6.55. The largest absolute Gasteiger partial charge is 0.479 e. The number of nitrogen functional groups attached to an aromatic ring is 1. The van der Waals surface area contributed by atoms with Crippen LogP contribution in [0.25, 0.3) is 22.3 Å². The summed E-state index contributed by atoms with van der Waals surface area (Å²) in [5, 5.41) is 19.7. The number of nitrogens with two attached hydrogens (primary N) is 1. The number of carboxylic acids is 2. The van der Waals surface area contributed by atoms with Gasteiger partial charge in [-0.15, -0.1) is 0 Å². The van der Waals surface area contributed by atoms with Crippen LogP contribution in [-0.4, -0.2) is 66.2 Å². The number of benzene rings is 2. The highest BCUT2D eigenvalue weighted by atomic mass is 35.5. The van der Waals surface area contributed by atoms with Crippen molar-refractivity contribution < 1.29 is 33.7 Å². The number of alkyl halides is 1. The molecule has 202 valence electrons. The van der Waals surface area contributed by atoms with Gasteiger partial charge in [-0.25, -0.2) is 19.0 Å². The third-order valence-corrected chi connectivity index (χ3v) is 6.71. The van der Waals surface area contributed by atoms with Crippen LogP contribution in [0.4, 0.5) is 10.2 Å². The van der Waals surface area contributed by atoms with E-state index in [0.29, 0.717) is 5.56 Å². The summed E-state index contributed by atoms with van der Waals surface area (Å²) in [4.78, 5) is 36.4. The van der Waals surface area contributed by atoms with E-state index in [4.69, 9.17) is 26.8 Å². The lowest BCUT2D eigenvalue weighted by atomic mass is 9.93. The van der Waals surface area contributed by atoms with Crippen molar-refractivity contribution >= 4 is 40.5 Å². The Bertz CT molecular complexity index is 1500. The maximum absolute atomic E-state index is 15.0. The van der Waals surface area contributed by atoms with Gasteiger partial charge in [0.2, 0.25) is 5.28 Å². The van der Waals surface area contributed by atoms with Crippen molar-refractivity contribution in [3.05, 3.63) is 71.8 Å². The minimum absolute atomic E-state index is 0.0153. The van der Waals surface area contributed by atoms with Gasteiger partial charge in [0.15, 0.2) is 17.7 Å². The predicted octanol–water partition coefficient (Wildman–Crippen LogP) is 3.52. The maximum Gasteiger partial charge on any atom is 0.348 e. The summed E-state index contributed by atoms with van der Waals surface area (Å²) in [5.74, 6) is -3.35. The lowest BCUT2D eigenvalue weighted by molar-refractivity contribution is -0.188. The molecule has 2 aromatic carbocycles. The topological polar surface area (TPSA) is 163 Å². The number of hydrogen-bond acceptors (Lipinski definition) is 8. The van der Waals surface area contributed by atoms with E-state index in [1.54, 1.807) is 24.3 Å². The molecule has 0 aliphatic carbocycles. The summed E-state index contributed by atoms with van der Waals surface area (Å²) in [6.45, 7) is -0.484. The van der Waals surface area contributed by atoms with Crippen molar-refractivity contribution in [3.63, 3.8) is 0 Å². The number of nitrogens with zero attached hydrogens (tertiary/aromatic N) is 4. The van der Waals surface area contributed by atoms with Gasteiger partial charge in [-0.05, 0) is 28.3 Å². The number of carbonyl (C=O) groups is 2. The van der Waals surface area contributed by atoms with Gasteiger partial charge in [0, 0.05) is 12.8 Å². The third kappa shape index (κ3) is 5.13. The minimum atomic E-state index is -2.61. The molecular weight excluding hydrogens is 533 g/mol. The predicted molar refractivity (Wildman–Crippen MR) is 138 cm³/mol. The summed E-state index contributed by atoms with van der Waals surface area (Å²) in [6, 6.07) is 16.4. The van der Waals surface area contributed by atoms with Crippen molar-refractivity contribution in [2.45, 2.75) is 36.9 Å². The SMILES string of the molecule is Nc1nc(Cl)nc2c1ncn2C1OC(COC(Cc2ccc(-c3ccccc3)cc2)(C(=O)O)C(=O)O)CC1F. The van der Waals surface area contributed by atoms with Crippen LogP contribution in [0.1, 0.15) is 18.2 Å². The molecule has 2 aromatic heterocycles. The van der Waals surface area contributed by atoms with E-state index in [1.807, 2.05) is 30.3 Å². The fourth-order valence-electron chi connectivity index (χ4n) is 4.54. The molecule has 1 aliphatic heterocycles. The first kappa shape index (κ1) is 26.5. The molecule has 5 rings (SSSR count). The van der Waals surface area contributed by atoms with E-state index >= 15 is 4.39 Å². The highest BCUT2D eigenvalue weighted by Gasteiger charge is 2.50. The Morgan fingerprint density at radius 1 is 1.10 bits per heavy atom. The molecule has 1 aliphatic rings. The van der Waals surface area contributed by atoms with Crippen molar-refractivity contribution in [1.82, 2.24) is 19.5 Å². The molecule has 3 atom stereocenters. The summed E-state index contributed by atoms with van der Waals surface area (Å²) in [6.07, 6.45) is -3.05. The number of aromatic nitrogens is 4. The van der Waals surface area contributed by atoms with E-state index in [0.717, 1.165) is 11.1 Å². The number of ether oxygens (including phenoxy) is 2. The van der Waals surface area contributed by atoms with Gasteiger partial charge in [0.05, 0.1) is 19.0 Å². The van der Waals surface area contributed by atoms with Gasteiger partial charge in [0.25, 0.3) is 5.60 Å². The van der Waals surface area contributed by atoms with Gasteiger partial charge in [0.1, 0.15) is 11.7 Å². The summed E-state index contributed by atoms with van der Waals surface area (Å²) in [7, 11) is 0. The number of rotatable bonds is 9. The number of anilines is 1. The molecule has 4 N–H and O–H groups in total. The monoisotopic (exact) mass is 555 g/mol. The van der Waals surface area contributed by atoms with Crippen LogP contribution < -0.4 is 5.73 Å². The Hall–Kier alpha value is -4.13. The molecule has 0 spiro atoms. The van der Waals surface area contributed by atoms with Crippen LogP contribution in [0.2, 0.25) is 5.28 Å². The molecule has 39 heavy (non-hydrogen) atoms. The van der Waals surface area contributed by atoms with Gasteiger partial charge >= 0.3 is 11.9 Å². The summed E-state index contributed by atoms with van der Waals surface area (Å²) < 4.78 is 27.6. The van der Waals surface area contributed by atoms with Gasteiger partial charge in [-0.3, -0.25) is 4.57 Å². The van der Waals surface area contributed by atoms with Gasteiger partial charge in [-0.1, -0.05) is 54.6 Å². The number of aliphatic carboxylic acids is 2. The van der Waals surface area contributed by atoms with E-state index in [1.165, 1.54) is 10.9 Å². The molecular formula is C26H23ClFN5O6. The normalized spacial score (nSPS) is 19.4. The van der Waals surface area contributed by atoms with Crippen molar-refractivity contribution in [3.8, 4) is 11.1 Å². The van der Waals surface area contributed by atoms with Gasteiger partial charge in [-0.2, -0.15) is 9.97 Å². The van der Waals surface area contributed by atoms with Crippen LogP contribution in [0, 0.1) is 0 Å². The highest BCUT2D eigenvalue weighted by molar-refractivity contribution is 6.28. The van der Waals surface area contributed by atoms with Crippen molar-refractivity contribution in [2.75, 3.05) is 12.3 Å². The molecule has 11 nitrogen and oxygen atoms in total. The van der Waals surface area contributed by atoms with E-state index < -0.39 is 49.1 Å². The van der Waals surface area contributed by atoms with Crippen LogP contribution in [-0.2, 0) is 25.5 Å². The number of imidazole rings is 1. The molecule has 3 unspecified atom stereocenters. The standard InChI is InChI=1S/C26H23ClFN5O6/c27-25-31-20(29)19-21(32-25)33(13-30-19)22-18(28)10-17(39-22)12-38-26(23(34)35,24(36)37)11-14-6-8-16(9-7-14)15-4-2-1-3-5-15/h1-9,13,17-18,22H,10-12H2,(H,34,35)(H,36,37)(H2,29,31,32). The van der Waals surface area contributed by atoms with Crippen molar-refractivity contribution in [1.29, 1.82) is 0 Å². The number of fused-ring (bicyclic) bond motifs is 1. The quantitative estimate of drug-likeness (QED) is 0.206. The Morgan fingerprint density at radius 3 is 2.44 bits per heavy atom. The molecule has 4 aromatic rings. The molecule has 1 saturated heterocycles. The fraction of sp³-hybridized carbons (Fsp3) is 0.269. The lowest BCUT2D eigenvalue weighted by Crippen LogP contribution is -2.52. The summed E-state index contributed by atoms with van der Waals surface area (Å²) >= 11 is 5.88. The maximum atomic E-state index is 15.0. The van der Waals surface area contributed by atoms with E-state index in [9.17, 15) is 19.8 Å². The average Bonchev–Trinajstić information content (AvgIpc) is 3.50. The Labute approximate surface area is 226 Å². The number of halogens is 2. The van der Waals surface area contributed by atoms with Crippen LogP contribution in [0.3, 0.4) is 0 Å². The average molecular weight is 556 g/mol. The molecule has 0 radical (unpaired) electrons.